The first-order chi connectivity index (χ1) is 18.5. The Labute approximate surface area is 246 Å². The van der Waals surface area contributed by atoms with Crippen LogP contribution < -0.4 is 25.7 Å². The van der Waals surface area contributed by atoms with Crippen molar-refractivity contribution in [2.45, 2.75) is 61.3 Å². The minimum atomic E-state index is -0.839. The first-order valence-corrected chi connectivity index (χ1v) is 13.6. The summed E-state index contributed by atoms with van der Waals surface area (Å²) >= 11 is 0. The third-order valence-electron chi connectivity index (χ3n) is 9.15. The van der Waals surface area contributed by atoms with Gasteiger partial charge in [-0.05, 0) is 52.9 Å². The number of aromatic nitrogens is 3. The zero-order valence-corrected chi connectivity index (χ0v) is 27.1. The Bertz CT molecular complexity index is 1780. The van der Waals surface area contributed by atoms with E-state index in [-0.39, 0.29) is 49.4 Å². The van der Waals surface area contributed by atoms with Gasteiger partial charge >= 0.3 is 5.97 Å². The maximum atomic E-state index is 13.6. The summed E-state index contributed by atoms with van der Waals surface area (Å²) < 4.78 is 0. The van der Waals surface area contributed by atoms with E-state index in [2.05, 4.69) is 34.6 Å². The molecule has 8 bridgehead atoms. The van der Waals surface area contributed by atoms with Gasteiger partial charge in [-0.3, -0.25) is 9.59 Å². The van der Waals surface area contributed by atoms with Crippen molar-refractivity contribution in [3.8, 4) is 0 Å². The normalized spacial score (nSPS) is 25.8. The summed E-state index contributed by atoms with van der Waals surface area (Å²) in [5.74, 6) is -1.34. The van der Waals surface area contributed by atoms with Crippen molar-refractivity contribution < 1.29 is 34.2 Å². The van der Waals surface area contributed by atoms with E-state index in [1.807, 2.05) is 32.1 Å². The number of aliphatic carboxylic acids is 1. The average molecular weight is 586 g/mol. The van der Waals surface area contributed by atoms with E-state index in [1.54, 1.807) is 0 Å². The van der Waals surface area contributed by atoms with Gasteiger partial charge in [0, 0.05) is 37.4 Å². The van der Waals surface area contributed by atoms with Crippen LogP contribution in [0.15, 0.2) is 11.4 Å². The molecule has 3 aliphatic rings. The van der Waals surface area contributed by atoms with E-state index in [1.165, 1.54) is 0 Å². The molecule has 3 atom stereocenters. The first-order valence-electron chi connectivity index (χ1n) is 13.6. The van der Waals surface area contributed by atoms with Crippen molar-refractivity contribution in [2.75, 3.05) is 0 Å². The number of fused-ring (bicyclic) bond motifs is 7. The zero-order chi connectivity index (χ0) is 27.9. The van der Waals surface area contributed by atoms with Crippen LogP contribution in [-0.4, -0.2) is 16.9 Å². The fourth-order valence-electron chi connectivity index (χ4n) is 6.28. The second-order valence-electron chi connectivity index (χ2n) is 11.3. The minimum Gasteiger partial charge on any atom is -0.664 e. The van der Waals surface area contributed by atoms with Crippen LogP contribution in [0.1, 0.15) is 87.6 Å². The molecule has 8 heteroatoms. The van der Waals surface area contributed by atoms with Gasteiger partial charge < -0.3 is 25.4 Å². The number of carbonyl (C=O) groups is 2. The Morgan fingerprint density at radius 3 is 2.00 bits per heavy atom. The monoisotopic (exact) mass is 584 g/mol. The third-order valence-corrected chi connectivity index (χ3v) is 9.15. The summed E-state index contributed by atoms with van der Waals surface area (Å²) in [5, 5.41) is 16.3. The van der Waals surface area contributed by atoms with Crippen molar-refractivity contribution in [2.24, 2.45) is 17.8 Å². The summed E-state index contributed by atoms with van der Waals surface area (Å²) in [5.41, 5.74) is 11.5. The topological polar surface area (TPSA) is 111 Å². The quantitative estimate of drug-likeness (QED) is 0.462. The van der Waals surface area contributed by atoms with Gasteiger partial charge in [0.15, 0.2) is 5.78 Å². The summed E-state index contributed by atoms with van der Waals surface area (Å²) in [6, 6.07) is 0. The van der Waals surface area contributed by atoms with Crippen molar-refractivity contribution in [1.82, 2.24) is 15.0 Å². The van der Waals surface area contributed by atoms with E-state index in [0.717, 1.165) is 72.6 Å². The summed E-state index contributed by atoms with van der Waals surface area (Å²) in [6.07, 6.45) is 6.52. The second-order valence-corrected chi connectivity index (χ2v) is 11.3. The molecule has 3 aromatic rings. The molecule has 6 rings (SSSR count). The van der Waals surface area contributed by atoms with Gasteiger partial charge in [0.2, 0.25) is 0 Å². The van der Waals surface area contributed by atoms with Crippen molar-refractivity contribution >= 4 is 35.6 Å². The largest absolute Gasteiger partial charge is 0.664 e. The Morgan fingerprint density at radius 1 is 0.825 bits per heavy atom. The smallest absolute Gasteiger partial charge is 0.303 e. The van der Waals surface area contributed by atoms with E-state index in [4.69, 9.17) is 20.3 Å². The number of allylic oxidation sites excluding steroid dienone is 3. The van der Waals surface area contributed by atoms with Crippen LogP contribution in [0, 0.1) is 52.4 Å². The average Bonchev–Trinajstić information content (AvgIpc) is 3.59. The third kappa shape index (κ3) is 4.11. The van der Waals surface area contributed by atoms with Gasteiger partial charge in [0.1, 0.15) is 0 Å². The van der Waals surface area contributed by atoms with Gasteiger partial charge in [-0.1, -0.05) is 65.5 Å². The van der Waals surface area contributed by atoms with E-state index in [0.29, 0.717) is 17.7 Å². The molecule has 3 aromatic heterocycles. The molecule has 1 fully saturated rings. The van der Waals surface area contributed by atoms with Gasteiger partial charge in [0.05, 0.1) is 0 Å². The molecule has 40 heavy (non-hydrogen) atoms. The number of carboxylic acids is 1. The molecular formula is C32H32N4O3Zn-4. The van der Waals surface area contributed by atoms with Gasteiger partial charge in [-0.15, -0.1) is 33.5 Å². The molecule has 1 N–H and O–H groups in total. The zero-order valence-electron chi connectivity index (χ0n) is 24.1. The number of hydrogen-bond donors (Lipinski definition) is 1. The summed E-state index contributed by atoms with van der Waals surface area (Å²) in [6.45, 7) is 14.2. The molecule has 5 heterocycles. The fourth-order valence-corrected chi connectivity index (χ4v) is 6.28. The summed E-state index contributed by atoms with van der Waals surface area (Å²) in [7, 11) is 0. The SMILES string of the molecule is Cc1c2[n-]c(c1C)/C=c1\[n-]/c(c(C)c1C)=C\c1[n-]c3c(c1C)C(=O)[C@H](C)/C3=C1/[N-]/C(=C\2)[C@@H](C)[C@@H]1CCC(=O)O.[Zn]. The van der Waals surface area contributed by atoms with Crippen molar-refractivity contribution in [1.29, 1.82) is 0 Å². The van der Waals surface area contributed by atoms with Crippen molar-refractivity contribution in [3.05, 3.63) is 83.6 Å². The van der Waals surface area contributed by atoms with Crippen LogP contribution in [0.25, 0.3) is 29.1 Å². The van der Waals surface area contributed by atoms with Crippen LogP contribution in [-0.2, 0) is 24.3 Å². The Hall–Kier alpha value is -3.38. The Kier molecular flexibility index (Phi) is 6.98. The molecule has 204 valence electrons. The van der Waals surface area contributed by atoms with E-state index in [9.17, 15) is 14.7 Å². The molecule has 0 spiro atoms. The van der Waals surface area contributed by atoms with Gasteiger partial charge in [0.25, 0.3) is 0 Å². The van der Waals surface area contributed by atoms with Crippen LogP contribution in [0.2, 0.25) is 0 Å². The molecule has 1 aliphatic carbocycles. The van der Waals surface area contributed by atoms with Crippen molar-refractivity contribution in [3.63, 3.8) is 0 Å². The number of carbonyl (C=O) groups excluding carboxylic acids is 1. The van der Waals surface area contributed by atoms with Crippen LogP contribution >= 0.6 is 0 Å². The molecule has 0 amide bonds. The minimum absolute atomic E-state index is 0. The number of nitrogens with zero attached hydrogens (tertiary/aromatic N) is 4. The van der Waals surface area contributed by atoms with Crippen LogP contribution in [0.5, 0.6) is 0 Å². The maximum absolute atomic E-state index is 13.6. The number of hydrogen-bond acceptors (Lipinski definition) is 2. The number of carboxylic acid groups (broad SMARTS) is 1. The fraction of sp³-hybridized carbons (Fsp3) is 0.375. The molecule has 1 saturated heterocycles. The molecule has 0 unspecified atom stereocenters. The molecular weight excluding hydrogens is 554 g/mol. The Balaban J connectivity index is 0.00000323. The van der Waals surface area contributed by atoms with Crippen LogP contribution in [0.3, 0.4) is 0 Å². The van der Waals surface area contributed by atoms with E-state index < -0.39 is 5.97 Å². The van der Waals surface area contributed by atoms with E-state index >= 15 is 0 Å². The predicted molar refractivity (Wildman–Crippen MR) is 151 cm³/mol. The molecule has 7 nitrogen and oxygen atoms in total. The standard InChI is InChI=1S/C32H34N4O3.Zn/c1-13-15(3)23-11-25-17(5)20(8-9-27(37)38)30(35-25)28-19(7)32(39)29-18(6)26(36-31(28)29)12-24-16(4)14(2)22(34-24)10-21(13)33-23;/h10-12,17,19-20H,8-9H2,1-7H3,(H3,35,36,37,38,39);/q-2;/p-2/b22-10-,24-12-,25-11-;/t17-,19+,20-;/m0./s1. The number of ketones is 1. The number of rotatable bonds is 3. The van der Waals surface area contributed by atoms with Crippen LogP contribution in [0.4, 0.5) is 0 Å². The molecule has 0 radical (unpaired) electrons. The predicted octanol–water partition coefficient (Wildman–Crippen LogP) is 4.16. The number of Topliss-reactive ketones (excluding diaryl/α,β-unsaturated/α-hetero) is 1. The van der Waals surface area contributed by atoms with Gasteiger partial charge in [-0.2, -0.15) is 11.4 Å². The summed E-state index contributed by atoms with van der Waals surface area (Å²) in [4.78, 5) is 40.1. The second kappa shape index (κ2) is 9.92. The molecule has 0 aromatic carbocycles. The maximum Gasteiger partial charge on any atom is 0.303 e. The van der Waals surface area contributed by atoms with Gasteiger partial charge in [-0.25, -0.2) is 0 Å². The molecule has 0 saturated carbocycles. The Morgan fingerprint density at radius 2 is 1.40 bits per heavy atom. The first kappa shape index (κ1) is 28.2. The molecule has 2 aliphatic heterocycles.